The zero-order valence-corrected chi connectivity index (χ0v) is 12.1. The molecule has 0 saturated heterocycles. The van der Waals surface area contributed by atoms with Gasteiger partial charge in [-0.2, -0.15) is 0 Å². The first-order valence-electron chi connectivity index (χ1n) is 6.47. The van der Waals surface area contributed by atoms with E-state index in [9.17, 15) is 4.79 Å². The number of nitrogen functional groups attached to an aromatic ring is 1. The van der Waals surface area contributed by atoms with E-state index in [1.54, 1.807) is 19.2 Å². The van der Waals surface area contributed by atoms with E-state index < -0.39 is 5.97 Å². The monoisotopic (exact) mass is 286 g/mol. The van der Waals surface area contributed by atoms with Crippen LogP contribution in [0.4, 0.5) is 17.1 Å². The van der Waals surface area contributed by atoms with Gasteiger partial charge in [0.2, 0.25) is 0 Å². The molecule has 0 aliphatic heterocycles. The second kappa shape index (κ2) is 6.76. The molecule has 0 aliphatic carbocycles. The van der Waals surface area contributed by atoms with Crippen molar-refractivity contribution >= 4 is 23.0 Å². The molecule has 0 unspecified atom stereocenters. The van der Waals surface area contributed by atoms with Gasteiger partial charge in [-0.15, -0.1) is 0 Å². The summed E-state index contributed by atoms with van der Waals surface area (Å²) in [4.78, 5) is 11.7. The van der Waals surface area contributed by atoms with Gasteiger partial charge in [-0.05, 0) is 24.3 Å². The fraction of sp³-hybridized carbons (Fsp3) is 0.188. The standard InChI is InChI=1S/C16H18N2O3/c1-20-10-11-5-3-4-6-15(11)18-12-7-8-14(17)13(9-12)16(19)21-2/h3-9,18H,10,17H2,1-2H3. The van der Waals surface area contributed by atoms with Gasteiger partial charge in [0.25, 0.3) is 0 Å². The second-order valence-electron chi connectivity index (χ2n) is 4.51. The van der Waals surface area contributed by atoms with Gasteiger partial charge in [0.05, 0.1) is 19.3 Å². The normalized spacial score (nSPS) is 10.2. The summed E-state index contributed by atoms with van der Waals surface area (Å²) < 4.78 is 9.89. The first kappa shape index (κ1) is 14.9. The van der Waals surface area contributed by atoms with Gasteiger partial charge < -0.3 is 20.5 Å². The molecule has 3 N–H and O–H groups in total. The largest absolute Gasteiger partial charge is 0.465 e. The molecule has 2 rings (SSSR count). The number of para-hydroxylation sites is 1. The van der Waals surface area contributed by atoms with Crippen LogP contribution in [0.3, 0.4) is 0 Å². The van der Waals surface area contributed by atoms with Crippen LogP contribution in [0.1, 0.15) is 15.9 Å². The van der Waals surface area contributed by atoms with Crippen molar-refractivity contribution in [1.29, 1.82) is 0 Å². The van der Waals surface area contributed by atoms with Crippen molar-refractivity contribution < 1.29 is 14.3 Å². The number of carbonyl (C=O) groups excluding carboxylic acids is 1. The summed E-state index contributed by atoms with van der Waals surface area (Å²) in [6.45, 7) is 0.502. The summed E-state index contributed by atoms with van der Waals surface area (Å²) >= 11 is 0. The molecule has 0 spiro atoms. The fourth-order valence-corrected chi connectivity index (χ4v) is 2.00. The third-order valence-corrected chi connectivity index (χ3v) is 3.05. The highest BCUT2D eigenvalue weighted by molar-refractivity contribution is 5.96. The maximum atomic E-state index is 11.7. The summed E-state index contributed by atoms with van der Waals surface area (Å²) in [5, 5.41) is 3.26. The molecular weight excluding hydrogens is 268 g/mol. The molecule has 5 heteroatoms. The number of hydrogen-bond acceptors (Lipinski definition) is 5. The Morgan fingerprint density at radius 2 is 1.95 bits per heavy atom. The molecule has 0 fully saturated rings. The number of carbonyl (C=O) groups is 1. The number of rotatable bonds is 5. The van der Waals surface area contributed by atoms with E-state index in [4.69, 9.17) is 15.2 Å². The quantitative estimate of drug-likeness (QED) is 0.653. The van der Waals surface area contributed by atoms with E-state index in [1.165, 1.54) is 7.11 Å². The Bertz CT molecular complexity index is 641. The highest BCUT2D eigenvalue weighted by Gasteiger charge is 2.11. The average molecular weight is 286 g/mol. The Balaban J connectivity index is 2.30. The molecular formula is C16H18N2O3. The van der Waals surface area contributed by atoms with E-state index in [0.717, 1.165) is 16.9 Å². The Labute approximate surface area is 123 Å². The number of ether oxygens (including phenoxy) is 2. The third-order valence-electron chi connectivity index (χ3n) is 3.05. The third kappa shape index (κ3) is 3.52. The molecule has 2 aromatic carbocycles. The highest BCUT2D eigenvalue weighted by atomic mass is 16.5. The zero-order chi connectivity index (χ0) is 15.2. The van der Waals surface area contributed by atoms with E-state index in [2.05, 4.69) is 5.32 Å². The highest BCUT2D eigenvalue weighted by Crippen LogP contribution is 2.24. The molecule has 5 nitrogen and oxygen atoms in total. The van der Waals surface area contributed by atoms with Gasteiger partial charge in [-0.1, -0.05) is 18.2 Å². The molecule has 2 aromatic rings. The lowest BCUT2D eigenvalue weighted by molar-refractivity contribution is 0.0602. The average Bonchev–Trinajstić information content (AvgIpc) is 2.50. The maximum absolute atomic E-state index is 11.7. The summed E-state index contributed by atoms with van der Waals surface area (Å²) in [6, 6.07) is 13.0. The van der Waals surface area contributed by atoms with Crippen LogP contribution in [0, 0.1) is 0 Å². The van der Waals surface area contributed by atoms with E-state index in [-0.39, 0.29) is 0 Å². The van der Waals surface area contributed by atoms with Crippen LogP contribution < -0.4 is 11.1 Å². The van der Waals surface area contributed by atoms with Crippen molar-refractivity contribution in [1.82, 2.24) is 0 Å². The maximum Gasteiger partial charge on any atom is 0.340 e. The van der Waals surface area contributed by atoms with Gasteiger partial charge >= 0.3 is 5.97 Å². The number of nitrogens with two attached hydrogens (primary N) is 1. The molecule has 0 aromatic heterocycles. The topological polar surface area (TPSA) is 73.6 Å². The Morgan fingerprint density at radius 3 is 2.67 bits per heavy atom. The molecule has 21 heavy (non-hydrogen) atoms. The van der Waals surface area contributed by atoms with Gasteiger partial charge in [-0.3, -0.25) is 0 Å². The van der Waals surface area contributed by atoms with Crippen LogP contribution in [0.5, 0.6) is 0 Å². The molecule has 0 bridgehead atoms. The minimum atomic E-state index is -0.457. The fourth-order valence-electron chi connectivity index (χ4n) is 2.00. The number of nitrogens with one attached hydrogen (secondary N) is 1. The lowest BCUT2D eigenvalue weighted by Crippen LogP contribution is -2.06. The van der Waals surface area contributed by atoms with Crippen LogP contribution >= 0.6 is 0 Å². The molecule has 110 valence electrons. The summed E-state index contributed by atoms with van der Waals surface area (Å²) in [5.41, 5.74) is 9.21. The minimum absolute atomic E-state index is 0.340. The van der Waals surface area contributed by atoms with Gasteiger partial charge in [0, 0.05) is 29.7 Å². The smallest absolute Gasteiger partial charge is 0.340 e. The number of methoxy groups -OCH3 is 2. The SMILES string of the molecule is COCc1ccccc1Nc1ccc(N)c(C(=O)OC)c1. The lowest BCUT2D eigenvalue weighted by Gasteiger charge is -2.13. The van der Waals surface area contributed by atoms with E-state index >= 15 is 0 Å². The lowest BCUT2D eigenvalue weighted by atomic mass is 10.1. The van der Waals surface area contributed by atoms with Crippen LogP contribution in [0.15, 0.2) is 42.5 Å². The Kier molecular flexibility index (Phi) is 4.79. The zero-order valence-electron chi connectivity index (χ0n) is 12.1. The van der Waals surface area contributed by atoms with E-state index in [1.807, 2.05) is 30.3 Å². The van der Waals surface area contributed by atoms with Crippen molar-refractivity contribution in [2.24, 2.45) is 0 Å². The Morgan fingerprint density at radius 1 is 1.19 bits per heavy atom. The molecule has 0 amide bonds. The summed E-state index contributed by atoms with van der Waals surface area (Å²) in [5.74, 6) is -0.457. The second-order valence-corrected chi connectivity index (χ2v) is 4.51. The van der Waals surface area contributed by atoms with Crippen LogP contribution in [-0.2, 0) is 16.1 Å². The van der Waals surface area contributed by atoms with Crippen LogP contribution in [0.25, 0.3) is 0 Å². The Hall–Kier alpha value is -2.53. The van der Waals surface area contributed by atoms with Crippen molar-refractivity contribution in [3.05, 3.63) is 53.6 Å². The molecule has 0 radical (unpaired) electrons. The number of esters is 1. The van der Waals surface area contributed by atoms with Crippen LogP contribution in [0.2, 0.25) is 0 Å². The van der Waals surface area contributed by atoms with Crippen molar-refractivity contribution in [2.75, 3.05) is 25.3 Å². The molecule has 0 aliphatic rings. The molecule has 0 heterocycles. The van der Waals surface area contributed by atoms with Gasteiger partial charge in [-0.25, -0.2) is 4.79 Å². The number of hydrogen-bond donors (Lipinski definition) is 2. The minimum Gasteiger partial charge on any atom is -0.465 e. The van der Waals surface area contributed by atoms with Crippen molar-refractivity contribution in [3.63, 3.8) is 0 Å². The molecule has 0 saturated carbocycles. The first-order valence-corrected chi connectivity index (χ1v) is 6.47. The van der Waals surface area contributed by atoms with E-state index in [0.29, 0.717) is 17.9 Å². The van der Waals surface area contributed by atoms with Crippen molar-refractivity contribution in [2.45, 2.75) is 6.61 Å². The van der Waals surface area contributed by atoms with Crippen LogP contribution in [-0.4, -0.2) is 20.2 Å². The number of benzene rings is 2. The van der Waals surface area contributed by atoms with Gasteiger partial charge in [0.1, 0.15) is 0 Å². The van der Waals surface area contributed by atoms with Crippen molar-refractivity contribution in [3.8, 4) is 0 Å². The summed E-state index contributed by atoms with van der Waals surface area (Å²) in [6.07, 6.45) is 0. The van der Waals surface area contributed by atoms with Gasteiger partial charge in [0.15, 0.2) is 0 Å². The first-order chi connectivity index (χ1) is 10.2. The predicted molar refractivity (Wildman–Crippen MR) is 82.6 cm³/mol. The predicted octanol–water partition coefficient (Wildman–Crippen LogP) is 2.95. The summed E-state index contributed by atoms with van der Waals surface area (Å²) in [7, 11) is 2.98. The molecule has 0 atom stereocenters. The number of anilines is 3.